The van der Waals surface area contributed by atoms with Gasteiger partial charge in [-0.1, -0.05) is 31.9 Å². The van der Waals surface area contributed by atoms with E-state index in [2.05, 4.69) is 38.8 Å². The number of hydrogen-bond acceptors (Lipinski definition) is 3. The van der Waals surface area contributed by atoms with Gasteiger partial charge in [0.1, 0.15) is 0 Å². The average molecular weight is 414 g/mol. The molecular formula is C24H39N5O. The summed E-state index contributed by atoms with van der Waals surface area (Å²) in [6.07, 6.45) is 8.17. The number of rotatable bonds is 8. The fourth-order valence-corrected chi connectivity index (χ4v) is 4.39. The molecule has 6 heteroatoms. The summed E-state index contributed by atoms with van der Waals surface area (Å²) in [5.41, 5.74) is 2.01. The first-order valence-electron chi connectivity index (χ1n) is 11.7. The lowest BCUT2D eigenvalue weighted by Gasteiger charge is -2.30. The first kappa shape index (κ1) is 22.6. The van der Waals surface area contributed by atoms with Crippen molar-refractivity contribution in [3.63, 3.8) is 0 Å². The third-order valence-electron chi connectivity index (χ3n) is 6.42. The van der Waals surface area contributed by atoms with Crippen LogP contribution in [-0.2, 0) is 11.3 Å². The molecule has 6 nitrogen and oxygen atoms in total. The van der Waals surface area contributed by atoms with Crippen molar-refractivity contribution in [2.24, 2.45) is 16.8 Å². The number of carbonyl (C=O) groups is 1. The molecule has 0 aromatic heterocycles. The summed E-state index contributed by atoms with van der Waals surface area (Å²) in [6, 6.07) is 8.08. The Morgan fingerprint density at radius 3 is 2.63 bits per heavy atom. The van der Waals surface area contributed by atoms with Gasteiger partial charge in [0.2, 0.25) is 5.91 Å². The molecule has 0 bridgehead atoms. The number of benzene rings is 1. The largest absolute Gasteiger partial charge is 0.356 e. The monoisotopic (exact) mass is 413 g/mol. The minimum absolute atomic E-state index is 0.165. The molecule has 1 aromatic carbocycles. The number of amides is 1. The van der Waals surface area contributed by atoms with E-state index in [4.69, 9.17) is 0 Å². The summed E-state index contributed by atoms with van der Waals surface area (Å²) in [6.45, 7) is 7.58. The van der Waals surface area contributed by atoms with Crippen LogP contribution in [-0.4, -0.2) is 50.0 Å². The predicted molar refractivity (Wildman–Crippen MR) is 125 cm³/mol. The zero-order chi connectivity index (χ0) is 21.2. The highest BCUT2D eigenvalue weighted by molar-refractivity contribution is 5.92. The first-order valence-corrected chi connectivity index (χ1v) is 11.7. The maximum atomic E-state index is 12.4. The summed E-state index contributed by atoms with van der Waals surface area (Å²) in [5, 5.41) is 9.88. The predicted octanol–water partition coefficient (Wildman–Crippen LogP) is 3.60. The molecule has 1 aromatic rings. The van der Waals surface area contributed by atoms with Crippen molar-refractivity contribution in [1.82, 2.24) is 15.5 Å². The summed E-state index contributed by atoms with van der Waals surface area (Å²) < 4.78 is 0. The quantitative estimate of drug-likeness (QED) is 0.346. The topological polar surface area (TPSA) is 68.8 Å². The third kappa shape index (κ3) is 7.31. The van der Waals surface area contributed by atoms with Gasteiger partial charge in [0.25, 0.3) is 0 Å². The Kier molecular flexibility index (Phi) is 9.00. The van der Waals surface area contributed by atoms with Gasteiger partial charge in [0, 0.05) is 31.7 Å². The van der Waals surface area contributed by atoms with Gasteiger partial charge in [-0.3, -0.25) is 9.79 Å². The van der Waals surface area contributed by atoms with Crippen molar-refractivity contribution in [3.8, 4) is 0 Å². The van der Waals surface area contributed by atoms with Crippen molar-refractivity contribution in [1.29, 1.82) is 0 Å². The Labute approximate surface area is 181 Å². The molecule has 166 valence electrons. The molecule has 1 aliphatic carbocycles. The van der Waals surface area contributed by atoms with Crippen LogP contribution >= 0.6 is 0 Å². The fourth-order valence-electron chi connectivity index (χ4n) is 4.39. The standard InChI is InChI=1S/C24H39N5O/c1-19-11-15-29(16-12-19)14-6-13-26-24(25-2)27-18-20-7-5-10-22(17-20)28-23(30)21-8-3-4-9-21/h5,7,10,17,19,21H,3-4,6,8-9,11-16,18H2,1-2H3,(H,28,30)(H2,25,26,27). The van der Waals surface area contributed by atoms with Gasteiger partial charge < -0.3 is 20.9 Å². The molecule has 0 atom stereocenters. The molecular weight excluding hydrogens is 374 g/mol. The van der Waals surface area contributed by atoms with Crippen molar-refractivity contribution in [3.05, 3.63) is 29.8 Å². The molecule has 0 spiro atoms. The second kappa shape index (κ2) is 11.9. The average Bonchev–Trinajstić information content (AvgIpc) is 3.30. The van der Waals surface area contributed by atoms with Crippen molar-refractivity contribution < 1.29 is 4.79 Å². The van der Waals surface area contributed by atoms with Crippen LogP contribution in [0.3, 0.4) is 0 Å². The van der Waals surface area contributed by atoms with Crippen LogP contribution in [0.15, 0.2) is 29.3 Å². The SMILES string of the molecule is CN=C(NCCCN1CCC(C)CC1)NCc1cccc(NC(=O)C2CCCC2)c1. The lowest BCUT2D eigenvalue weighted by atomic mass is 9.99. The molecule has 30 heavy (non-hydrogen) atoms. The highest BCUT2D eigenvalue weighted by Crippen LogP contribution is 2.26. The highest BCUT2D eigenvalue weighted by atomic mass is 16.1. The number of nitrogens with zero attached hydrogens (tertiary/aromatic N) is 2. The number of hydrogen-bond donors (Lipinski definition) is 3. The van der Waals surface area contributed by atoms with Gasteiger partial charge in [0.15, 0.2) is 5.96 Å². The molecule has 1 heterocycles. The Bertz CT molecular complexity index is 691. The minimum Gasteiger partial charge on any atom is -0.356 e. The Hall–Kier alpha value is -2.08. The summed E-state index contributed by atoms with van der Waals surface area (Å²) in [7, 11) is 1.81. The van der Waals surface area contributed by atoms with Crippen LogP contribution in [0.5, 0.6) is 0 Å². The third-order valence-corrected chi connectivity index (χ3v) is 6.42. The van der Waals surface area contributed by atoms with Crippen molar-refractivity contribution in [2.45, 2.75) is 58.4 Å². The number of carbonyl (C=O) groups excluding carboxylic acids is 1. The minimum atomic E-state index is 0.165. The van der Waals surface area contributed by atoms with Crippen LogP contribution in [0, 0.1) is 11.8 Å². The molecule has 3 rings (SSSR count). The zero-order valence-corrected chi connectivity index (χ0v) is 18.8. The van der Waals surface area contributed by atoms with Crippen molar-refractivity contribution >= 4 is 17.6 Å². The first-order chi connectivity index (χ1) is 14.6. The number of piperidine rings is 1. The van der Waals surface area contributed by atoms with E-state index in [0.29, 0.717) is 6.54 Å². The van der Waals surface area contributed by atoms with E-state index >= 15 is 0 Å². The summed E-state index contributed by atoms with van der Waals surface area (Å²) in [4.78, 5) is 19.3. The normalized spacial score (nSPS) is 19.1. The second-order valence-corrected chi connectivity index (χ2v) is 8.90. The molecule has 3 N–H and O–H groups in total. The lowest BCUT2D eigenvalue weighted by Crippen LogP contribution is -2.39. The Balaban J connectivity index is 1.36. The van der Waals surface area contributed by atoms with Gasteiger partial charge in [-0.25, -0.2) is 0 Å². The van der Waals surface area contributed by atoms with Gasteiger partial charge in [-0.2, -0.15) is 0 Å². The van der Waals surface area contributed by atoms with Crippen LogP contribution < -0.4 is 16.0 Å². The molecule has 2 aliphatic rings. The highest BCUT2D eigenvalue weighted by Gasteiger charge is 2.22. The Morgan fingerprint density at radius 2 is 1.90 bits per heavy atom. The fraction of sp³-hybridized carbons (Fsp3) is 0.667. The van der Waals surface area contributed by atoms with E-state index in [0.717, 1.165) is 55.5 Å². The van der Waals surface area contributed by atoms with Crippen LogP contribution in [0.25, 0.3) is 0 Å². The number of anilines is 1. The van der Waals surface area contributed by atoms with Crippen LogP contribution in [0.4, 0.5) is 5.69 Å². The van der Waals surface area contributed by atoms with Gasteiger partial charge in [0.05, 0.1) is 0 Å². The van der Waals surface area contributed by atoms with Crippen molar-refractivity contribution in [2.75, 3.05) is 38.5 Å². The van der Waals surface area contributed by atoms with Gasteiger partial charge >= 0.3 is 0 Å². The number of nitrogens with one attached hydrogen (secondary N) is 3. The summed E-state index contributed by atoms with van der Waals surface area (Å²) >= 11 is 0. The summed E-state index contributed by atoms with van der Waals surface area (Å²) in [5.74, 6) is 2.06. The van der Waals surface area contributed by atoms with E-state index < -0.39 is 0 Å². The van der Waals surface area contributed by atoms with E-state index in [1.807, 2.05) is 18.2 Å². The van der Waals surface area contributed by atoms with E-state index in [1.54, 1.807) is 7.05 Å². The maximum absolute atomic E-state index is 12.4. The van der Waals surface area contributed by atoms with Gasteiger partial charge in [-0.15, -0.1) is 0 Å². The molecule has 0 radical (unpaired) electrons. The zero-order valence-electron chi connectivity index (χ0n) is 18.8. The molecule has 1 aliphatic heterocycles. The Morgan fingerprint density at radius 1 is 1.13 bits per heavy atom. The van der Waals surface area contributed by atoms with Gasteiger partial charge in [-0.05, 0) is 75.4 Å². The molecule has 1 amide bonds. The van der Waals surface area contributed by atoms with E-state index in [1.165, 1.54) is 38.8 Å². The molecule has 2 fully saturated rings. The number of guanidine groups is 1. The van der Waals surface area contributed by atoms with E-state index in [9.17, 15) is 4.79 Å². The molecule has 1 saturated heterocycles. The lowest BCUT2D eigenvalue weighted by molar-refractivity contribution is -0.119. The number of likely N-dealkylation sites (tertiary alicyclic amines) is 1. The van der Waals surface area contributed by atoms with Crippen LogP contribution in [0.1, 0.15) is 57.4 Å². The maximum Gasteiger partial charge on any atom is 0.227 e. The van der Waals surface area contributed by atoms with E-state index in [-0.39, 0.29) is 11.8 Å². The molecule has 0 unspecified atom stereocenters. The second-order valence-electron chi connectivity index (χ2n) is 8.90. The number of aliphatic imine (C=N–C) groups is 1. The molecule has 1 saturated carbocycles. The smallest absolute Gasteiger partial charge is 0.227 e. The van der Waals surface area contributed by atoms with Crippen LogP contribution in [0.2, 0.25) is 0 Å².